The van der Waals surface area contributed by atoms with Crippen molar-refractivity contribution in [3.63, 3.8) is 0 Å². The first-order chi connectivity index (χ1) is 14.6. The van der Waals surface area contributed by atoms with Crippen molar-refractivity contribution >= 4 is 17.6 Å². The van der Waals surface area contributed by atoms with Gasteiger partial charge in [0.25, 0.3) is 5.91 Å². The number of methoxy groups -OCH3 is 1. The van der Waals surface area contributed by atoms with Crippen molar-refractivity contribution < 1.29 is 19.1 Å². The molecular formula is C23H29N3O4. The van der Waals surface area contributed by atoms with Gasteiger partial charge in [0.15, 0.2) is 6.61 Å². The van der Waals surface area contributed by atoms with Crippen molar-refractivity contribution in [2.24, 2.45) is 5.92 Å². The van der Waals surface area contributed by atoms with Gasteiger partial charge < -0.3 is 25.0 Å². The Balaban J connectivity index is 1.28. The summed E-state index contributed by atoms with van der Waals surface area (Å²) in [5, 5.41) is 5.84. The maximum absolute atomic E-state index is 12.3. The number of hydrogen-bond donors (Lipinski definition) is 2. The number of anilines is 1. The zero-order chi connectivity index (χ0) is 21.2. The van der Waals surface area contributed by atoms with Crippen molar-refractivity contribution in [2.75, 3.05) is 38.7 Å². The quantitative estimate of drug-likeness (QED) is 0.697. The van der Waals surface area contributed by atoms with E-state index >= 15 is 0 Å². The lowest BCUT2D eigenvalue weighted by molar-refractivity contribution is -0.123. The maximum Gasteiger partial charge on any atom is 0.321 e. The number of carbonyl (C=O) groups excluding carboxylic acids is 2. The van der Waals surface area contributed by atoms with Crippen molar-refractivity contribution in [3.8, 4) is 11.5 Å². The average molecular weight is 412 g/mol. The van der Waals surface area contributed by atoms with Crippen molar-refractivity contribution in [2.45, 2.75) is 19.3 Å². The van der Waals surface area contributed by atoms with E-state index in [0.29, 0.717) is 18.2 Å². The van der Waals surface area contributed by atoms with Gasteiger partial charge in [-0.15, -0.1) is 0 Å². The lowest BCUT2D eigenvalue weighted by Crippen LogP contribution is -2.41. The van der Waals surface area contributed by atoms with Gasteiger partial charge in [-0.1, -0.05) is 18.2 Å². The van der Waals surface area contributed by atoms with E-state index in [1.807, 2.05) is 35.2 Å². The third kappa shape index (κ3) is 6.69. The summed E-state index contributed by atoms with van der Waals surface area (Å²) in [4.78, 5) is 26.2. The van der Waals surface area contributed by atoms with Crippen LogP contribution in [0.5, 0.6) is 11.5 Å². The molecule has 0 radical (unpaired) electrons. The molecule has 0 aliphatic carbocycles. The Morgan fingerprint density at radius 2 is 1.67 bits per heavy atom. The fraction of sp³-hybridized carbons (Fsp3) is 0.391. The van der Waals surface area contributed by atoms with Crippen LogP contribution in [0.2, 0.25) is 0 Å². The Bertz CT molecular complexity index is 803. The highest BCUT2D eigenvalue weighted by atomic mass is 16.5. The molecule has 7 heteroatoms. The van der Waals surface area contributed by atoms with Gasteiger partial charge in [-0.25, -0.2) is 4.79 Å². The molecule has 1 heterocycles. The first-order valence-corrected chi connectivity index (χ1v) is 10.3. The van der Waals surface area contributed by atoms with Gasteiger partial charge >= 0.3 is 6.03 Å². The van der Waals surface area contributed by atoms with Gasteiger partial charge in [0, 0.05) is 25.3 Å². The summed E-state index contributed by atoms with van der Waals surface area (Å²) in [5.74, 6) is 1.75. The Morgan fingerprint density at radius 1 is 1.00 bits per heavy atom. The number of nitrogens with one attached hydrogen (secondary N) is 2. The minimum atomic E-state index is -0.134. The molecule has 2 N–H and O–H groups in total. The summed E-state index contributed by atoms with van der Waals surface area (Å²) in [5.41, 5.74) is 0.809. The smallest absolute Gasteiger partial charge is 0.321 e. The normalized spacial score (nSPS) is 14.1. The lowest BCUT2D eigenvalue weighted by atomic mass is 9.94. The van der Waals surface area contributed by atoms with Gasteiger partial charge in [-0.3, -0.25) is 4.79 Å². The Hall–Kier alpha value is -3.22. The minimum absolute atomic E-state index is 0.00949. The molecule has 30 heavy (non-hydrogen) atoms. The van der Waals surface area contributed by atoms with E-state index in [4.69, 9.17) is 9.47 Å². The number of amides is 3. The lowest BCUT2D eigenvalue weighted by Gasteiger charge is -2.32. The Morgan fingerprint density at radius 3 is 2.33 bits per heavy atom. The molecule has 160 valence electrons. The molecule has 1 aliphatic rings. The number of urea groups is 1. The van der Waals surface area contributed by atoms with Crippen LogP contribution in [-0.4, -0.2) is 50.2 Å². The molecule has 2 aromatic rings. The monoisotopic (exact) mass is 411 g/mol. The number of ether oxygens (including phenoxy) is 2. The number of carbonyl (C=O) groups is 2. The molecule has 1 saturated heterocycles. The fourth-order valence-electron chi connectivity index (χ4n) is 3.44. The first kappa shape index (κ1) is 21.5. The van der Waals surface area contributed by atoms with Crippen LogP contribution in [0.4, 0.5) is 10.5 Å². The molecule has 0 atom stereocenters. The second kappa shape index (κ2) is 11.1. The number of hydrogen-bond acceptors (Lipinski definition) is 4. The fourth-order valence-corrected chi connectivity index (χ4v) is 3.44. The predicted molar refractivity (Wildman–Crippen MR) is 116 cm³/mol. The molecule has 2 aromatic carbocycles. The third-order valence-corrected chi connectivity index (χ3v) is 5.23. The zero-order valence-corrected chi connectivity index (χ0v) is 17.3. The molecule has 3 rings (SSSR count). The SMILES string of the molecule is COc1ccc(OCC(=O)NCCC2CCN(C(=O)Nc3ccccc3)CC2)cc1. The Kier molecular flexibility index (Phi) is 7.94. The molecule has 0 bridgehead atoms. The number of benzene rings is 2. The number of piperidine rings is 1. The number of nitrogens with zero attached hydrogens (tertiary/aromatic N) is 1. The second-order valence-electron chi connectivity index (χ2n) is 7.33. The predicted octanol–water partition coefficient (Wildman–Crippen LogP) is 3.52. The average Bonchev–Trinajstić information content (AvgIpc) is 2.79. The van der Waals surface area contributed by atoms with Crippen LogP contribution in [0, 0.1) is 5.92 Å². The van der Waals surface area contributed by atoms with Gasteiger partial charge in [0.1, 0.15) is 11.5 Å². The maximum atomic E-state index is 12.3. The van der Waals surface area contributed by atoms with Gasteiger partial charge in [0.2, 0.25) is 0 Å². The van der Waals surface area contributed by atoms with Gasteiger partial charge in [0.05, 0.1) is 7.11 Å². The van der Waals surface area contributed by atoms with Gasteiger partial charge in [-0.05, 0) is 61.6 Å². The van der Waals surface area contributed by atoms with Crippen LogP contribution in [0.15, 0.2) is 54.6 Å². The van der Waals surface area contributed by atoms with Crippen LogP contribution in [0.1, 0.15) is 19.3 Å². The molecule has 1 aliphatic heterocycles. The number of likely N-dealkylation sites (tertiary alicyclic amines) is 1. The number of para-hydroxylation sites is 1. The summed E-state index contributed by atoms with van der Waals surface area (Å²) < 4.78 is 10.6. The molecule has 0 unspecified atom stereocenters. The first-order valence-electron chi connectivity index (χ1n) is 10.3. The molecule has 7 nitrogen and oxygen atoms in total. The zero-order valence-electron chi connectivity index (χ0n) is 17.3. The molecule has 0 spiro atoms. The standard InChI is InChI=1S/C23H29N3O4/c1-29-20-7-9-21(10-8-20)30-17-22(27)24-14-11-18-12-15-26(16-13-18)23(28)25-19-5-3-2-4-6-19/h2-10,18H,11-17H2,1H3,(H,24,27)(H,25,28). The largest absolute Gasteiger partial charge is 0.497 e. The topological polar surface area (TPSA) is 79.9 Å². The summed E-state index contributed by atoms with van der Waals surface area (Å²) in [6, 6.07) is 16.6. The van der Waals surface area contributed by atoms with E-state index in [-0.39, 0.29) is 18.5 Å². The molecule has 3 amide bonds. The van der Waals surface area contributed by atoms with E-state index in [9.17, 15) is 9.59 Å². The Labute approximate surface area is 177 Å². The van der Waals surface area contributed by atoms with E-state index in [2.05, 4.69) is 10.6 Å². The van der Waals surface area contributed by atoms with Crippen molar-refractivity contribution in [1.29, 1.82) is 0 Å². The third-order valence-electron chi connectivity index (χ3n) is 5.23. The van der Waals surface area contributed by atoms with Crippen LogP contribution in [0.3, 0.4) is 0 Å². The summed E-state index contributed by atoms with van der Waals surface area (Å²) in [6.07, 6.45) is 2.79. The summed E-state index contributed by atoms with van der Waals surface area (Å²) >= 11 is 0. The molecular weight excluding hydrogens is 382 g/mol. The highest BCUT2D eigenvalue weighted by molar-refractivity contribution is 5.89. The molecule has 0 saturated carbocycles. The van der Waals surface area contributed by atoms with Crippen molar-refractivity contribution in [1.82, 2.24) is 10.2 Å². The van der Waals surface area contributed by atoms with E-state index in [0.717, 1.165) is 43.8 Å². The van der Waals surface area contributed by atoms with E-state index in [1.54, 1.807) is 31.4 Å². The van der Waals surface area contributed by atoms with Gasteiger partial charge in [-0.2, -0.15) is 0 Å². The second-order valence-corrected chi connectivity index (χ2v) is 7.33. The van der Waals surface area contributed by atoms with E-state index < -0.39 is 0 Å². The highest BCUT2D eigenvalue weighted by Gasteiger charge is 2.22. The van der Waals surface area contributed by atoms with Crippen LogP contribution >= 0.6 is 0 Å². The number of rotatable bonds is 8. The van der Waals surface area contributed by atoms with Crippen LogP contribution in [-0.2, 0) is 4.79 Å². The summed E-state index contributed by atoms with van der Waals surface area (Å²) in [6.45, 7) is 2.08. The van der Waals surface area contributed by atoms with Crippen molar-refractivity contribution in [3.05, 3.63) is 54.6 Å². The van der Waals surface area contributed by atoms with E-state index in [1.165, 1.54) is 0 Å². The minimum Gasteiger partial charge on any atom is -0.497 e. The highest BCUT2D eigenvalue weighted by Crippen LogP contribution is 2.21. The van der Waals surface area contributed by atoms with Crippen LogP contribution < -0.4 is 20.1 Å². The molecule has 0 aromatic heterocycles. The van der Waals surface area contributed by atoms with Crippen LogP contribution in [0.25, 0.3) is 0 Å². The molecule has 1 fully saturated rings. The summed E-state index contributed by atoms with van der Waals surface area (Å²) in [7, 11) is 1.60.